The highest BCUT2D eigenvalue weighted by Crippen LogP contribution is 2.25. The summed E-state index contributed by atoms with van der Waals surface area (Å²) in [6.07, 6.45) is 0. The van der Waals surface area contributed by atoms with Gasteiger partial charge in [0.25, 0.3) is 0 Å². The smallest absolute Gasteiger partial charge is 0.230 e. The van der Waals surface area contributed by atoms with Gasteiger partial charge in [-0.05, 0) is 42.3 Å². The second-order valence-electron chi connectivity index (χ2n) is 6.75. The molecular formula is C23H21N3OS. The molecule has 4 rings (SSSR count). The summed E-state index contributed by atoms with van der Waals surface area (Å²) >= 11 is 1.43. The number of hydrogen-bond acceptors (Lipinski definition) is 4. The van der Waals surface area contributed by atoms with E-state index in [2.05, 4.69) is 39.6 Å². The van der Waals surface area contributed by atoms with Gasteiger partial charge < -0.3 is 5.32 Å². The quantitative estimate of drug-likeness (QED) is 0.486. The van der Waals surface area contributed by atoms with Gasteiger partial charge in [0, 0.05) is 0 Å². The van der Waals surface area contributed by atoms with E-state index in [9.17, 15) is 4.79 Å². The van der Waals surface area contributed by atoms with Gasteiger partial charge in [-0.3, -0.25) is 4.79 Å². The molecule has 0 unspecified atom stereocenters. The highest BCUT2D eigenvalue weighted by Gasteiger charge is 2.14. The molecule has 0 bridgehead atoms. The second-order valence-corrected chi connectivity index (χ2v) is 7.71. The standard InChI is InChI=1S/C23H21N3OS/c1-15(18-11-7-9-17-8-3-4-10-19(17)18)25-22(27)14-28-23-16(2)24-20-12-5-6-13-21(20)26-23/h3-13,15H,14H2,1-2H3,(H,25,27)/t15-/m1/s1. The van der Waals surface area contributed by atoms with Crippen LogP contribution in [0.5, 0.6) is 0 Å². The Labute approximate surface area is 168 Å². The highest BCUT2D eigenvalue weighted by atomic mass is 32.2. The first-order valence-corrected chi connectivity index (χ1v) is 10.2. The van der Waals surface area contributed by atoms with Gasteiger partial charge >= 0.3 is 0 Å². The number of rotatable bonds is 5. The fourth-order valence-corrected chi connectivity index (χ4v) is 4.10. The van der Waals surface area contributed by atoms with E-state index in [-0.39, 0.29) is 11.9 Å². The van der Waals surface area contributed by atoms with Crippen LogP contribution in [0.4, 0.5) is 0 Å². The van der Waals surface area contributed by atoms with Crippen molar-refractivity contribution in [1.82, 2.24) is 15.3 Å². The van der Waals surface area contributed by atoms with Gasteiger partial charge in [-0.25, -0.2) is 9.97 Å². The largest absolute Gasteiger partial charge is 0.349 e. The number of carbonyl (C=O) groups excluding carboxylic acids is 1. The van der Waals surface area contributed by atoms with Crippen molar-refractivity contribution in [2.24, 2.45) is 0 Å². The van der Waals surface area contributed by atoms with Crippen molar-refractivity contribution in [3.05, 3.63) is 78.0 Å². The van der Waals surface area contributed by atoms with Gasteiger partial charge in [0.15, 0.2) is 0 Å². The van der Waals surface area contributed by atoms with Gasteiger partial charge in [-0.15, -0.1) is 0 Å². The number of carbonyl (C=O) groups is 1. The monoisotopic (exact) mass is 387 g/mol. The van der Waals surface area contributed by atoms with Crippen LogP contribution in [-0.2, 0) is 4.79 Å². The molecule has 140 valence electrons. The molecule has 0 saturated carbocycles. The summed E-state index contributed by atoms with van der Waals surface area (Å²) < 4.78 is 0. The number of aryl methyl sites for hydroxylation is 1. The fraction of sp³-hybridized carbons (Fsp3) is 0.174. The third-order valence-corrected chi connectivity index (χ3v) is 5.78. The number of fused-ring (bicyclic) bond motifs is 2. The van der Waals surface area contributed by atoms with E-state index in [1.54, 1.807) is 0 Å². The zero-order valence-electron chi connectivity index (χ0n) is 15.8. The number of aromatic nitrogens is 2. The lowest BCUT2D eigenvalue weighted by atomic mass is 10.00. The summed E-state index contributed by atoms with van der Waals surface area (Å²) in [5.41, 5.74) is 3.69. The molecule has 5 heteroatoms. The van der Waals surface area contributed by atoms with Crippen LogP contribution in [0.15, 0.2) is 71.8 Å². The number of para-hydroxylation sites is 2. The Morgan fingerprint density at radius 3 is 2.46 bits per heavy atom. The lowest BCUT2D eigenvalue weighted by Crippen LogP contribution is -2.28. The first-order chi connectivity index (χ1) is 13.6. The molecular weight excluding hydrogens is 366 g/mol. The Bertz CT molecular complexity index is 1150. The van der Waals surface area contributed by atoms with Gasteiger partial charge in [0.05, 0.1) is 28.5 Å². The third-order valence-electron chi connectivity index (χ3n) is 4.71. The molecule has 0 aliphatic heterocycles. The van der Waals surface area contributed by atoms with E-state index in [0.717, 1.165) is 27.3 Å². The van der Waals surface area contributed by atoms with Crippen LogP contribution in [-0.4, -0.2) is 21.6 Å². The van der Waals surface area contributed by atoms with E-state index in [1.165, 1.54) is 22.5 Å². The van der Waals surface area contributed by atoms with Crippen molar-refractivity contribution >= 4 is 39.5 Å². The highest BCUT2D eigenvalue weighted by molar-refractivity contribution is 7.99. The zero-order chi connectivity index (χ0) is 19.5. The van der Waals surface area contributed by atoms with Gasteiger partial charge in [-0.1, -0.05) is 66.4 Å². The SMILES string of the molecule is Cc1nc2ccccc2nc1SCC(=O)N[C@H](C)c1cccc2ccccc12. The lowest BCUT2D eigenvalue weighted by molar-refractivity contribution is -0.119. The Morgan fingerprint density at radius 2 is 1.64 bits per heavy atom. The van der Waals surface area contributed by atoms with Gasteiger partial charge in [0.2, 0.25) is 5.91 Å². The topological polar surface area (TPSA) is 54.9 Å². The van der Waals surface area contributed by atoms with Crippen LogP contribution in [0, 0.1) is 6.92 Å². The molecule has 1 heterocycles. The van der Waals surface area contributed by atoms with Crippen LogP contribution in [0.3, 0.4) is 0 Å². The van der Waals surface area contributed by atoms with E-state index < -0.39 is 0 Å². The summed E-state index contributed by atoms with van der Waals surface area (Å²) in [5.74, 6) is 0.294. The second kappa shape index (κ2) is 7.98. The molecule has 3 aromatic carbocycles. The van der Waals surface area contributed by atoms with Crippen LogP contribution >= 0.6 is 11.8 Å². The lowest BCUT2D eigenvalue weighted by Gasteiger charge is -2.16. The maximum absolute atomic E-state index is 12.5. The normalized spacial score (nSPS) is 12.2. The minimum Gasteiger partial charge on any atom is -0.349 e. The van der Waals surface area contributed by atoms with Crippen LogP contribution < -0.4 is 5.32 Å². The minimum absolute atomic E-state index is 0.0141. The first-order valence-electron chi connectivity index (χ1n) is 9.25. The molecule has 0 spiro atoms. The number of amides is 1. The Balaban J connectivity index is 1.45. The van der Waals surface area contributed by atoms with Crippen LogP contribution in [0.2, 0.25) is 0 Å². The Hall–Kier alpha value is -2.92. The summed E-state index contributed by atoms with van der Waals surface area (Å²) in [7, 11) is 0. The van der Waals surface area contributed by atoms with E-state index in [1.807, 2.05) is 56.3 Å². The average molecular weight is 388 g/mol. The molecule has 1 atom stereocenters. The summed E-state index contributed by atoms with van der Waals surface area (Å²) in [4.78, 5) is 21.8. The van der Waals surface area contributed by atoms with Crippen molar-refractivity contribution in [2.75, 3.05) is 5.75 Å². The Morgan fingerprint density at radius 1 is 0.964 bits per heavy atom. The summed E-state index contributed by atoms with van der Waals surface area (Å²) in [6, 6.07) is 22.1. The van der Waals surface area contributed by atoms with Crippen molar-refractivity contribution < 1.29 is 4.79 Å². The third kappa shape index (κ3) is 3.85. The number of nitrogens with one attached hydrogen (secondary N) is 1. The maximum atomic E-state index is 12.5. The van der Waals surface area contributed by atoms with Crippen molar-refractivity contribution in [1.29, 1.82) is 0 Å². The molecule has 1 aromatic heterocycles. The van der Waals surface area contributed by atoms with Crippen LogP contribution in [0.25, 0.3) is 21.8 Å². The molecule has 0 aliphatic rings. The predicted molar refractivity (Wildman–Crippen MR) is 116 cm³/mol. The van der Waals surface area contributed by atoms with Crippen LogP contribution in [0.1, 0.15) is 24.2 Å². The number of benzene rings is 3. The molecule has 4 nitrogen and oxygen atoms in total. The number of hydrogen-bond donors (Lipinski definition) is 1. The van der Waals surface area contributed by atoms with E-state index in [0.29, 0.717) is 5.75 Å². The molecule has 28 heavy (non-hydrogen) atoms. The van der Waals surface area contributed by atoms with E-state index >= 15 is 0 Å². The van der Waals surface area contributed by atoms with Crippen molar-refractivity contribution in [2.45, 2.75) is 24.9 Å². The number of thioether (sulfide) groups is 1. The van der Waals surface area contributed by atoms with Gasteiger partial charge in [0.1, 0.15) is 5.03 Å². The molecule has 0 saturated heterocycles. The number of nitrogens with zero attached hydrogens (tertiary/aromatic N) is 2. The molecule has 0 fully saturated rings. The van der Waals surface area contributed by atoms with Crippen molar-refractivity contribution in [3.8, 4) is 0 Å². The molecule has 1 N–H and O–H groups in total. The molecule has 1 amide bonds. The average Bonchev–Trinajstić information content (AvgIpc) is 2.71. The summed E-state index contributed by atoms with van der Waals surface area (Å²) in [6.45, 7) is 3.95. The molecule has 0 radical (unpaired) electrons. The van der Waals surface area contributed by atoms with Gasteiger partial charge in [-0.2, -0.15) is 0 Å². The van der Waals surface area contributed by atoms with E-state index in [4.69, 9.17) is 0 Å². The first kappa shape index (κ1) is 18.4. The summed E-state index contributed by atoms with van der Waals surface area (Å²) in [5, 5.41) is 6.25. The fourth-order valence-electron chi connectivity index (χ4n) is 3.33. The molecule has 4 aromatic rings. The molecule has 0 aliphatic carbocycles. The van der Waals surface area contributed by atoms with Crippen molar-refractivity contribution in [3.63, 3.8) is 0 Å². The predicted octanol–water partition coefficient (Wildman–Crippen LogP) is 5.06. The maximum Gasteiger partial charge on any atom is 0.230 e. The zero-order valence-corrected chi connectivity index (χ0v) is 16.7. The Kier molecular flexibility index (Phi) is 5.26. The minimum atomic E-state index is -0.0667.